The van der Waals surface area contributed by atoms with E-state index in [1.54, 1.807) is 31.1 Å². The first-order valence-corrected chi connectivity index (χ1v) is 13.4. The van der Waals surface area contributed by atoms with E-state index in [9.17, 15) is 14.0 Å². The van der Waals surface area contributed by atoms with Crippen LogP contribution in [0.15, 0.2) is 12.1 Å². The maximum Gasteiger partial charge on any atom is 0.409 e. The number of carbonyl (C=O) groups excluding carboxylic acids is 2. The smallest absolute Gasteiger partial charge is 0.409 e. The van der Waals surface area contributed by atoms with Crippen molar-refractivity contribution < 1.29 is 28.2 Å². The average molecular weight is 532 g/mol. The molecule has 38 heavy (non-hydrogen) atoms. The number of hydrogen-bond donors (Lipinski definition) is 0. The van der Waals surface area contributed by atoms with E-state index in [1.165, 1.54) is 11.1 Å². The number of amides is 1. The summed E-state index contributed by atoms with van der Waals surface area (Å²) in [6.07, 6.45) is 5.57. The van der Waals surface area contributed by atoms with E-state index in [0.717, 1.165) is 32.1 Å². The monoisotopic (exact) mass is 531 g/mol. The molecule has 0 spiro atoms. The van der Waals surface area contributed by atoms with Crippen molar-refractivity contribution in [1.82, 2.24) is 24.9 Å². The van der Waals surface area contributed by atoms with Gasteiger partial charge in [-0.1, -0.05) is 11.6 Å². The molecule has 2 aliphatic rings. The molecule has 208 valence electrons. The average Bonchev–Trinajstić information content (AvgIpc) is 3.24. The molecule has 0 saturated heterocycles. The predicted octanol–water partition coefficient (Wildman–Crippen LogP) is 4.60. The lowest BCUT2D eigenvalue weighted by Gasteiger charge is -2.29. The number of pyridine rings is 1. The molecule has 2 fully saturated rings. The van der Waals surface area contributed by atoms with Gasteiger partial charge in [0.15, 0.2) is 0 Å². The first kappa shape index (κ1) is 27.8. The Bertz CT molecular complexity index is 1120. The summed E-state index contributed by atoms with van der Waals surface area (Å²) in [7, 11) is 3.44. The lowest BCUT2D eigenvalue weighted by Crippen LogP contribution is -2.34. The van der Waals surface area contributed by atoms with Gasteiger partial charge < -0.3 is 19.1 Å². The van der Waals surface area contributed by atoms with Gasteiger partial charge >= 0.3 is 12.1 Å². The lowest BCUT2D eigenvalue weighted by atomic mass is 9.85. The number of halogens is 1. The third kappa shape index (κ3) is 6.79. The third-order valence-corrected chi connectivity index (χ3v) is 7.25. The number of aryl methyl sites for hydroxylation is 1. The summed E-state index contributed by atoms with van der Waals surface area (Å²) in [4.78, 5) is 30.9. The van der Waals surface area contributed by atoms with Crippen LogP contribution in [0.25, 0.3) is 11.4 Å². The highest BCUT2D eigenvalue weighted by Crippen LogP contribution is 2.32. The van der Waals surface area contributed by atoms with Gasteiger partial charge in [0.05, 0.1) is 23.8 Å². The molecular formula is C27H38FN5O5. The number of ether oxygens (including phenoxy) is 3. The Labute approximate surface area is 222 Å². The first-order chi connectivity index (χ1) is 18.2. The molecular weight excluding hydrogens is 493 g/mol. The second-order valence-corrected chi connectivity index (χ2v) is 10.6. The molecule has 2 aromatic rings. The number of hydrogen-bond acceptors (Lipinski definition) is 8. The van der Waals surface area contributed by atoms with Crippen LogP contribution in [0.3, 0.4) is 0 Å². The molecule has 2 saturated carbocycles. The summed E-state index contributed by atoms with van der Waals surface area (Å²) >= 11 is 0. The molecule has 2 heterocycles. The van der Waals surface area contributed by atoms with Crippen molar-refractivity contribution in [2.75, 3.05) is 13.6 Å². The van der Waals surface area contributed by atoms with Crippen LogP contribution in [0.4, 0.5) is 9.18 Å². The van der Waals surface area contributed by atoms with Crippen LogP contribution >= 0.6 is 0 Å². The Morgan fingerprint density at radius 2 is 1.95 bits per heavy atom. The van der Waals surface area contributed by atoms with E-state index in [2.05, 4.69) is 15.3 Å². The zero-order valence-corrected chi connectivity index (χ0v) is 22.7. The molecule has 2 aliphatic carbocycles. The van der Waals surface area contributed by atoms with Gasteiger partial charge in [-0.25, -0.2) is 18.9 Å². The van der Waals surface area contributed by atoms with Crippen molar-refractivity contribution >= 4 is 12.1 Å². The molecule has 0 radical (unpaired) electrons. The highest BCUT2D eigenvalue weighted by Gasteiger charge is 2.31. The highest BCUT2D eigenvalue weighted by atomic mass is 19.1. The summed E-state index contributed by atoms with van der Waals surface area (Å²) in [5.74, 6) is 0.444. The number of rotatable bonds is 10. The fraction of sp³-hybridized carbons (Fsp3) is 0.667. The summed E-state index contributed by atoms with van der Waals surface area (Å²) in [5.41, 5.74) is 1.52. The Morgan fingerprint density at radius 3 is 2.63 bits per heavy atom. The van der Waals surface area contributed by atoms with Gasteiger partial charge in [-0.3, -0.25) is 4.79 Å². The van der Waals surface area contributed by atoms with E-state index in [4.69, 9.17) is 14.2 Å². The zero-order valence-electron chi connectivity index (χ0n) is 22.7. The molecule has 0 bridgehead atoms. The standard InChI is InChI=1S/C27H38FN5O5/c1-17(2)37-26(34)19-9-6-10-20(13-19)38-24-12-11-21(29-22(24)14-28)25-23(33(4)31-30-25)16-36-27(35)32(3)15-18-7-5-8-18/h11-12,17-20H,5-10,13-16H2,1-4H3/t19-,20-/m0/s1. The maximum absolute atomic E-state index is 14.0. The predicted molar refractivity (Wildman–Crippen MR) is 137 cm³/mol. The molecule has 10 nitrogen and oxygen atoms in total. The van der Waals surface area contributed by atoms with Crippen LogP contribution in [0, 0.1) is 11.8 Å². The molecule has 0 aliphatic heterocycles. The van der Waals surface area contributed by atoms with Gasteiger partial charge in [-0.2, -0.15) is 0 Å². The van der Waals surface area contributed by atoms with Crippen LogP contribution in [0.2, 0.25) is 0 Å². The second kappa shape index (κ2) is 12.5. The van der Waals surface area contributed by atoms with E-state index < -0.39 is 12.8 Å². The number of alkyl halides is 1. The molecule has 1 amide bonds. The topological polar surface area (TPSA) is 109 Å². The van der Waals surface area contributed by atoms with Crippen molar-refractivity contribution in [3.63, 3.8) is 0 Å². The molecule has 0 unspecified atom stereocenters. The van der Waals surface area contributed by atoms with Gasteiger partial charge in [0.2, 0.25) is 0 Å². The first-order valence-electron chi connectivity index (χ1n) is 13.4. The summed E-state index contributed by atoms with van der Waals surface area (Å²) in [5, 5.41) is 8.24. The SMILES string of the molecule is CC(C)OC(=O)[C@H]1CCC[C@H](Oc2ccc(-c3nnn(C)c3COC(=O)N(C)CC3CCC3)nc2CF)C1. The Hall–Kier alpha value is -3.24. The van der Waals surface area contributed by atoms with Crippen LogP contribution in [-0.4, -0.2) is 62.7 Å². The Balaban J connectivity index is 1.42. The Morgan fingerprint density at radius 1 is 1.18 bits per heavy atom. The quantitative estimate of drug-likeness (QED) is 0.409. The molecule has 2 aromatic heterocycles. The molecule has 2 atom stereocenters. The van der Waals surface area contributed by atoms with Crippen molar-refractivity contribution in [3.8, 4) is 17.1 Å². The van der Waals surface area contributed by atoms with E-state index in [-0.39, 0.29) is 36.4 Å². The Kier molecular flexibility index (Phi) is 9.17. The van der Waals surface area contributed by atoms with Crippen molar-refractivity contribution in [3.05, 3.63) is 23.5 Å². The van der Waals surface area contributed by atoms with E-state index >= 15 is 0 Å². The van der Waals surface area contributed by atoms with Crippen LogP contribution in [-0.2, 0) is 34.6 Å². The minimum atomic E-state index is -0.828. The highest BCUT2D eigenvalue weighted by molar-refractivity contribution is 5.72. The number of esters is 1. The summed E-state index contributed by atoms with van der Waals surface area (Å²) in [6, 6.07) is 3.37. The fourth-order valence-corrected chi connectivity index (χ4v) is 4.91. The summed E-state index contributed by atoms with van der Waals surface area (Å²) in [6.45, 7) is 3.48. The van der Waals surface area contributed by atoms with Crippen LogP contribution in [0.5, 0.6) is 5.75 Å². The van der Waals surface area contributed by atoms with E-state index in [1.807, 2.05) is 13.8 Å². The molecule has 11 heteroatoms. The molecule has 4 rings (SSSR count). The minimum Gasteiger partial charge on any atom is -0.488 e. The lowest BCUT2D eigenvalue weighted by molar-refractivity contribution is -0.154. The normalized spacial score (nSPS) is 19.6. The zero-order chi connectivity index (χ0) is 27.2. The number of nitrogens with zero attached hydrogens (tertiary/aromatic N) is 5. The van der Waals surface area contributed by atoms with Crippen molar-refractivity contribution in [2.45, 2.75) is 84.3 Å². The third-order valence-electron chi connectivity index (χ3n) is 7.25. The fourth-order valence-electron chi connectivity index (χ4n) is 4.91. The van der Waals surface area contributed by atoms with Gasteiger partial charge in [-0.05, 0) is 70.4 Å². The second-order valence-electron chi connectivity index (χ2n) is 10.6. The summed E-state index contributed by atoms with van der Waals surface area (Å²) < 4.78 is 32.6. The molecule has 0 N–H and O–H groups in total. The van der Waals surface area contributed by atoms with Crippen molar-refractivity contribution in [2.24, 2.45) is 18.9 Å². The van der Waals surface area contributed by atoms with Gasteiger partial charge in [0.25, 0.3) is 0 Å². The van der Waals surface area contributed by atoms with Gasteiger partial charge in [0, 0.05) is 20.6 Å². The van der Waals surface area contributed by atoms with Crippen LogP contribution < -0.4 is 4.74 Å². The number of aromatic nitrogens is 4. The largest absolute Gasteiger partial charge is 0.488 e. The van der Waals surface area contributed by atoms with Gasteiger partial charge in [0.1, 0.15) is 36.1 Å². The van der Waals surface area contributed by atoms with Crippen LogP contribution in [0.1, 0.15) is 70.2 Å². The van der Waals surface area contributed by atoms with E-state index in [0.29, 0.717) is 41.7 Å². The van der Waals surface area contributed by atoms with Crippen molar-refractivity contribution in [1.29, 1.82) is 0 Å². The minimum absolute atomic E-state index is 0.0342. The molecule has 0 aromatic carbocycles. The maximum atomic E-state index is 14.0. The number of carbonyl (C=O) groups is 2. The van der Waals surface area contributed by atoms with Gasteiger partial charge in [-0.15, -0.1) is 5.10 Å².